The molecule has 20 heavy (non-hydrogen) atoms. The fourth-order valence-corrected chi connectivity index (χ4v) is 5.71. The first kappa shape index (κ1) is 14.4. The van der Waals surface area contributed by atoms with Gasteiger partial charge in [-0.2, -0.15) is 0 Å². The van der Waals surface area contributed by atoms with E-state index in [4.69, 9.17) is 0 Å². The van der Waals surface area contributed by atoms with Gasteiger partial charge in [-0.05, 0) is 75.7 Å². The zero-order chi connectivity index (χ0) is 14.5. The van der Waals surface area contributed by atoms with E-state index in [2.05, 4.69) is 18.9 Å². The van der Waals surface area contributed by atoms with Crippen LogP contribution in [0.3, 0.4) is 0 Å². The third-order valence-corrected chi connectivity index (χ3v) is 6.21. The van der Waals surface area contributed by atoms with E-state index in [0.29, 0.717) is 5.41 Å². The minimum Gasteiger partial charge on any atom is -0.347 e. The number of likely N-dealkylation sites (N-methyl/N-ethyl adjacent to an activating group) is 2. The second-order valence-electron chi connectivity index (χ2n) is 8.24. The average molecular weight is 278 g/mol. The smallest absolute Gasteiger partial charge is 0.239 e. The second kappa shape index (κ2) is 5.01. The second-order valence-corrected chi connectivity index (χ2v) is 8.24. The topological polar surface area (TPSA) is 23.6 Å². The molecule has 0 aromatic carbocycles. The van der Waals surface area contributed by atoms with Crippen molar-refractivity contribution < 1.29 is 4.79 Å². The van der Waals surface area contributed by atoms with Crippen molar-refractivity contribution in [2.75, 3.05) is 27.7 Å². The van der Waals surface area contributed by atoms with Crippen LogP contribution in [0, 0.1) is 23.2 Å². The Balaban J connectivity index is 1.66. The number of carbonyl (C=O) groups is 1. The zero-order valence-corrected chi connectivity index (χ0v) is 13.6. The van der Waals surface area contributed by atoms with Gasteiger partial charge in [-0.15, -0.1) is 0 Å². The number of hydrogen-bond acceptors (Lipinski definition) is 2. The molecule has 4 rings (SSSR count). The van der Waals surface area contributed by atoms with Gasteiger partial charge in [0.05, 0.1) is 6.04 Å². The van der Waals surface area contributed by atoms with Crippen molar-refractivity contribution in [1.29, 1.82) is 0 Å². The molecule has 0 radical (unpaired) electrons. The molecule has 0 aromatic heterocycles. The fourth-order valence-electron chi connectivity index (χ4n) is 5.71. The minimum absolute atomic E-state index is 0.0120. The maximum Gasteiger partial charge on any atom is 0.239 e. The summed E-state index contributed by atoms with van der Waals surface area (Å²) in [6.45, 7) is 3.18. The number of carbonyl (C=O) groups excluding carboxylic acids is 1. The van der Waals surface area contributed by atoms with E-state index in [1.807, 2.05) is 14.1 Å². The standard InChI is InChI=1S/C17H30N2O/c1-12(16(20)18(2)3)19(4)11-17-8-13-5-14(9-17)7-15(6-13)10-17/h12-15H,5-11H2,1-4H3. The van der Waals surface area contributed by atoms with Gasteiger partial charge in [0.1, 0.15) is 0 Å². The van der Waals surface area contributed by atoms with E-state index in [1.54, 1.807) is 4.90 Å². The van der Waals surface area contributed by atoms with Crippen molar-refractivity contribution in [3.8, 4) is 0 Å². The molecule has 4 saturated carbocycles. The molecule has 3 heteroatoms. The lowest BCUT2D eigenvalue weighted by atomic mass is 9.49. The predicted molar refractivity (Wildman–Crippen MR) is 81.4 cm³/mol. The van der Waals surface area contributed by atoms with Crippen LogP contribution in [0.25, 0.3) is 0 Å². The Morgan fingerprint density at radius 3 is 1.90 bits per heavy atom. The molecular formula is C17H30N2O. The minimum atomic E-state index is 0.0120. The molecular weight excluding hydrogens is 248 g/mol. The molecule has 0 saturated heterocycles. The number of nitrogens with zero attached hydrogens (tertiary/aromatic N) is 2. The third-order valence-electron chi connectivity index (χ3n) is 6.21. The monoisotopic (exact) mass is 278 g/mol. The Labute approximate surface area is 123 Å². The molecule has 4 aliphatic carbocycles. The first-order valence-corrected chi connectivity index (χ1v) is 8.30. The molecule has 4 aliphatic rings. The Bertz CT molecular complexity index is 355. The molecule has 1 atom stereocenters. The highest BCUT2D eigenvalue weighted by Crippen LogP contribution is 2.60. The lowest BCUT2D eigenvalue weighted by molar-refractivity contribution is -0.135. The van der Waals surface area contributed by atoms with E-state index in [1.165, 1.54) is 38.5 Å². The van der Waals surface area contributed by atoms with E-state index in [0.717, 1.165) is 24.3 Å². The van der Waals surface area contributed by atoms with Crippen LogP contribution in [-0.4, -0.2) is 49.4 Å². The predicted octanol–water partition coefficient (Wildman–Crippen LogP) is 2.61. The molecule has 114 valence electrons. The van der Waals surface area contributed by atoms with Crippen molar-refractivity contribution in [3.05, 3.63) is 0 Å². The number of amides is 1. The Kier molecular flexibility index (Phi) is 3.60. The van der Waals surface area contributed by atoms with E-state index in [9.17, 15) is 4.79 Å². The molecule has 1 unspecified atom stereocenters. The summed E-state index contributed by atoms with van der Waals surface area (Å²) in [5.41, 5.74) is 0.532. The normalized spacial score (nSPS) is 40.1. The Morgan fingerprint density at radius 1 is 1.05 bits per heavy atom. The van der Waals surface area contributed by atoms with Crippen molar-refractivity contribution in [2.24, 2.45) is 23.2 Å². The molecule has 4 bridgehead atoms. The van der Waals surface area contributed by atoms with Crippen LogP contribution in [-0.2, 0) is 4.79 Å². The zero-order valence-electron chi connectivity index (χ0n) is 13.6. The first-order valence-electron chi connectivity index (χ1n) is 8.30. The molecule has 4 fully saturated rings. The van der Waals surface area contributed by atoms with Gasteiger partial charge in [0.25, 0.3) is 0 Å². The summed E-state index contributed by atoms with van der Waals surface area (Å²) in [7, 11) is 5.86. The summed E-state index contributed by atoms with van der Waals surface area (Å²) < 4.78 is 0. The van der Waals surface area contributed by atoms with Crippen LogP contribution < -0.4 is 0 Å². The number of rotatable bonds is 4. The average Bonchev–Trinajstić information content (AvgIpc) is 2.34. The molecule has 0 spiro atoms. The summed E-state index contributed by atoms with van der Waals surface area (Å²) in [5, 5.41) is 0. The van der Waals surface area contributed by atoms with Crippen LogP contribution in [0.15, 0.2) is 0 Å². The summed E-state index contributed by atoms with van der Waals surface area (Å²) >= 11 is 0. The highest BCUT2D eigenvalue weighted by Gasteiger charge is 2.51. The first-order chi connectivity index (χ1) is 9.38. The van der Waals surface area contributed by atoms with Gasteiger partial charge in [-0.1, -0.05) is 0 Å². The van der Waals surface area contributed by atoms with Crippen LogP contribution in [0.5, 0.6) is 0 Å². The summed E-state index contributed by atoms with van der Waals surface area (Å²) in [4.78, 5) is 16.2. The lowest BCUT2D eigenvalue weighted by Crippen LogP contribution is -2.53. The summed E-state index contributed by atoms with van der Waals surface area (Å²) in [5.74, 6) is 3.22. The van der Waals surface area contributed by atoms with E-state index < -0.39 is 0 Å². The van der Waals surface area contributed by atoms with E-state index in [-0.39, 0.29) is 11.9 Å². The summed E-state index contributed by atoms with van der Waals surface area (Å²) in [6, 6.07) is 0.0120. The SMILES string of the molecule is CC(C(=O)N(C)C)N(C)CC12CC3CC(CC(C3)C1)C2. The fraction of sp³-hybridized carbons (Fsp3) is 0.941. The molecule has 0 aromatic rings. The van der Waals surface area contributed by atoms with E-state index >= 15 is 0 Å². The quantitative estimate of drug-likeness (QED) is 0.789. The molecule has 3 nitrogen and oxygen atoms in total. The maximum atomic E-state index is 12.2. The van der Waals surface area contributed by atoms with Crippen LogP contribution in [0.1, 0.15) is 45.4 Å². The van der Waals surface area contributed by atoms with Gasteiger partial charge in [-0.25, -0.2) is 0 Å². The van der Waals surface area contributed by atoms with Crippen molar-refractivity contribution in [1.82, 2.24) is 9.80 Å². The molecule has 1 amide bonds. The van der Waals surface area contributed by atoms with Crippen LogP contribution in [0.2, 0.25) is 0 Å². The van der Waals surface area contributed by atoms with Crippen LogP contribution in [0.4, 0.5) is 0 Å². The maximum absolute atomic E-state index is 12.2. The number of hydrogen-bond donors (Lipinski definition) is 0. The van der Waals surface area contributed by atoms with Crippen LogP contribution >= 0.6 is 0 Å². The highest BCUT2D eigenvalue weighted by molar-refractivity contribution is 5.80. The van der Waals surface area contributed by atoms with Gasteiger partial charge >= 0.3 is 0 Å². The van der Waals surface area contributed by atoms with Gasteiger partial charge in [-0.3, -0.25) is 9.69 Å². The molecule has 0 N–H and O–H groups in total. The van der Waals surface area contributed by atoms with Crippen molar-refractivity contribution >= 4 is 5.91 Å². The van der Waals surface area contributed by atoms with Gasteiger partial charge in [0.15, 0.2) is 0 Å². The lowest BCUT2D eigenvalue weighted by Gasteiger charge is -2.58. The third kappa shape index (κ3) is 2.49. The summed E-state index contributed by atoms with van der Waals surface area (Å²) in [6.07, 6.45) is 8.75. The van der Waals surface area contributed by atoms with Gasteiger partial charge in [0, 0.05) is 20.6 Å². The van der Waals surface area contributed by atoms with Crippen molar-refractivity contribution in [2.45, 2.75) is 51.5 Å². The van der Waals surface area contributed by atoms with Gasteiger partial charge < -0.3 is 4.90 Å². The molecule has 0 heterocycles. The van der Waals surface area contributed by atoms with Gasteiger partial charge in [0.2, 0.25) is 5.91 Å². The largest absolute Gasteiger partial charge is 0.347 e. The Morgan fingerprint density at radius 2 is 1.50 bits per heavy atom. The highest BCUT2D eigenvalue weighted by atomic mass is 16.2. The van der Waals surface area contributed by atoms with Crippen molar-refractivity contribution in [3.63, 3.8) is 0 Å². The molecule has 0 aliphatic heterocycles. The Hall–Kier alpha value is -0.570.